The SMILES string of the molecule is C#CCN(CC=C)C(=O)c1cccc(OC2CCN(CCc3ccccc3)CC2)c1. The van der Waals surface area contributed by atoms with Gasteiger partial charge in [-0.1, -0.05) is 48.4 Å². The van der Waals surface area contributed by atoms with Crippen LogP contribution in [0, 0.1) is 12.3 Å². The predicted octanol–water partition coefficient (Wildman–Crippen LogP) is 4.03. The molecule has 1 aliphatic rings. The first-order valence-corrected chi connectivity index (χ1v) is 10.6. The number of hydrogen-bond donors (Lipinski definition) is 0. The first kappa shape index (κ1) is 21.7. The average Bonchev–Trinajstić information content (AvgIpc) is 2.79. The molecule has 2 aromatic carbocycles. The van der Waals surface area contributed by atoms with Gasteiger partial charge in [-0.05, 0) is 43.0 Å². The number of rotatable bonds is 9. The van der Waals surface area contributed by atoms with Gasteiger partial charge in [0.15, 0.2) is 0 Å². The number of ether oxygens (including phenoxy) is 1. The van der Waals surface area contributed by atoms with Crippen molar-refractivity contribution in [1.82, 2.24) is 9.80 Å². The first-order valence-electron chi connectivity index (χ1n) is 10.6. The molecule has 0 aromatic heterocycles. The highest BCUT2D eigenvalue weighted by atomic mass is 16.5. The number of likely N-dealkylation sites (tertiary alicyclic amines) is 1. The summed E-state index contributed by atoms with van der Waals surface area (Å²) in [5, 5.41) is 0. The smallest absolute Gasteiger partial charge is 0.255 e. The van der Waals surface area contributed by atoms with Gasteiger partial charge < -0.3 is 14.5 Å². The number of carbonyl (C=O) groups is 1. The number of amides is 1. The number of piperidine rings is 1. The van der Waals surface area contributed by atoms with E-state index in [2.05, 4.69) is 47.7 Å². The van der Waals surface area contributed by atoms with Crippen LogP contribution in [0.15, 0.2) is 67.3 Å². The molecule has 0 unspecified atom stereocenters. The number of carbonyl (C=O) groups excluding carboxylic acids is 1. The maximum absolute atomic E-state index is 12.7. The number of benzene rings is 2. The first-order chi connectivity index (χ1) is 14.7. The minimum atomic E-state index is -0.103. The van der Waals surface area contributed by atoms with Gasteiger partial charge in [0.1, 0.15) is 11.9 Å². The van der Waals surface area contributed by atoms with E-state index in [1.54, 1.807) is 17.0 Å². The second kappa shape index (κ2) is 11.2. The van der Waals surface area contributed by atoms with Crippen LogP contribution >= 0.6 is 0 Å². The van der Waals surface area contributed by atoms with E-state index >= 15 is 0 Å². The highest BCUT2D eigenvalue weighted by Gasteiger charge is 2.21. The Bertz CT molecular complexity index is 864. The number of hydrogen-bond acceptors (Lipinski definition) is 3. The van der Waals surface area contributed by atoms with Crippen LogP contribution in [0.4, 0.5) is 0 Å². The molecular weight excluding hydrogens is 372 g/mol. The Morgan fingerprint density at radius 3 is 2.67 bits per heavy atom. The van der Waals surface area contributed by atoms with Crippen LogP contribution in [-0.2, 0) is 6.42 Å². The molecule has 4 nitrogen and oxygen atoms in total. The van der Waals surface area contributed by atoms with Gasteiger partial charge in [-0.2, -0.15) is 0 Å². The highest BCUT2D eigenvalue weighted by Crippen LogP contribution is 2.21. The molecule has 1 amide bonds. The third kappa shape index (κ3) is 6.23. The van der Waals surface area contributed by atoms with Crippen molar-refractivity contribution in [3.05, 3.63) is 78.4 Å². The number of nitrogens with zero attached hydrogens (tertiary/aromatic N) is 2. The molecule has 0 radical (unpaired) electrons. The van der Waals surface area contributed by atoms with Crippen LogP contribution in [0.25, 0.3) is 0 Å². The Morgan fingerprint density at radius 1 is 1.20 bits per heavy atom. The molecular formula is C26H30N2O2. The van der Waals surface area contributed by atoms with E-state index in [9.17, 15) is 4.79 Å². The molecule has 2 aromatic rings. The summed E-state index contributed by atoms with van der Waals surface area (Å²) in [5.41, 5.74) is 1.97. The molecule has 30 heavy (non-hydrogen) atoms. The van der Waals surface area contributed by atoms with Crippen molar-refractivity contribution in [1.29, 1.82) is 0 Å². The van der Waals surface area contributed by atoms with Gasteiger partial charge >= 0.3 is 0 Å². The molecule has 3 rings (SSSR count). The molecule has 156 valence electrons. The van der Waals surface area contributed by atoms with Gasteiger partial charge in [-0.25, -0.2) is 0 Å². The van der Waals surface area contributed by atoms with E-state index in [4.69, 9.17) is 11.2 Å². The second-order valence-electron chi connectivity index (χ2n) is 7.60. The highest BCUT2D eigenvalue weighted by molar-refractivity contribution is 5.94. The molecule has 1 fully saturated rings. The fraction of sp³-hybridized carbons (Fsp3) is 0.346. The normalized spacial score (nSPS) is 14.6. The maximum Gasteiger partial charge on any atom is 0.255 e. The summed E-state index contributed by atoms with van der Waals surface area (Å²) in [6.07, 6.45) is 10.3. The van der Waals surface area contributed by atoms with Crippen LogP contribution in [0.2, 0.25) is 0 Å². The molecule has 0 saturated carbocycles. The van der Waals surface area contributed by atoms with Gasteiger partial charge in [0.05, 0.1) is 6.54 Å². The number of terminal acetylenes is 1. The van der Waals surface area contributed by atoms with Crippen molar-refractivity contribution >= 4 is 5.91 Å². The lowest BCUT2D eigenvalue weighted by molar-refractivity contribution is 0.0790. The van der Waals surface area contributed by atoms with Gasteiger partial charge in [0, 0.05) is 31.7 Å². The zero-order valence-electron chi connectivity index (χ0n) is 17.5. The third-order valence-electron chi connectivity index (χ3n) is 5.40. The lowest BCUT2D eigenvalue weighted by Crippen LogP contribution is -2.39. The van der Waals surface area contributed by atoms with Crippen molar-refractivity contribution in [2.75, 3.05) is 32.7 Å². The Kier molecular flexibility index (Phi) is 8.11. The summed E-state index contributed by atoms with van der Waals surface area (Å²) in [5.74, 6) is 3.17. The van der Waals surface area contributed by atoms with Gasteiger partial charge in [-0.15, -0.1) is 13.0 Å². The fourth-order valence-electron chi connectivity index (χ4n) is 3.75. The van der Waals surface area contributed by atoms with Crippen molar-refractivity contribution in [2.45, 2.75) is 25.4 Å². The van der Waals surface area contributed by atoms with E-state index < -0.39 is 0 Å². The molecule has 4 heteroatoms. The van der Waals surface area contributed by atoms with E-state index in [1.807, 2.05) is 18.2 Å². The summed E-state index contributed by atoms with van der Waals surface area (Å²) < 4.78 is 6.20. The Labute approximate surface area is 180 Å². The Hall–Kier alpha value is -3.03. The lowest BCUT2D eigenvalue weighted by Gasteiger charge is -2.32. The second-order valence-corrected chi connectivity index (χ2v) is 7.60. The zero-order valence-corrected chi connectivity index (χ0v) is 17.5. The molecule has 0 aliphatic carbocycles. The molecule has 0 spiro atoms. The Morgan fingerprint density at radius 2 is 1.97 bits per heavy atom. The van der Waals surface area contributed by atoms with Crippen molar-refractivity contribution in [3.63, 3.8) is 0 Å². The van der Waals surface area contributed by atoms with Crippen LogP contribution < -0.4 is 4.74 Å². The summed E-state index contributed by atoms with van der Waals surface area (Å²) in [6, 6.07) is 18.0. The van der Waals surface area contributed by atoms with Crippen molar-refractivity contribution in [3.8, 4) is 18.1 Å². The maximum atomic E-state index is 12.7. The monoisotopic (exact) mass is 402 g/mol. The van der Waals surface area contributed by atoms with Crippen LogP contribution in [0.5, 0.6) is 5.75 Å². The molecule has 1 aliphatic heterocycles. The van der Waals surface area contributed by atoms with Crippen LogP contribution in [0.1, 0.15) is 28.8 Å². The van der Waals surface area contributed by atoms with Gasteiger partial charge in [-0.3, -0.25) is 4.79 Å². The molecule has 1 heterocycles. The average molecular weight is 403 g/mol. The van der Waals surface area contributed by atoms with Gasteiger partial charge in [0.25, 0.3) is 5.91 Å². The molecule has 0 atom stereocenters. The summed E-state index contributed by atoms with van der Waals surface area (Å²) in [6.45, 7) is 7.53. The van der Waals surface area contributed by atoms with Crippen LogP contribution in [-0.4, -0.2) is 54.5 Å². The van der Waals surface area contributed by atoms with E-state index in [0.29, 0.717) is 12.1 Å². The molecule has 1 saturated heterocycles. The van der Waals surface area contributed by atoms with E-state index in [-0.39, 0.29) is 18.6 Å². The lowest BCUT2D eigenvalue weighted by atomic mass is 10.1. The van der Waals surface area contributed by atoms with E-state index in [0.717, 1.165) is 44.6 Å². The minimum Gasteiger partial charge on any atom is -0.490 e. The summed E-state index contributed by atoms with van der Waals surface area (Å²) >= 11 is 0. The third-order valence-corrected chi connectivity index (χ3v) is 5.40. The zero-order chi connectivity index (χ0) is 21.2. The molecule has 0 bridgehead atoms. The van der Waals surface area contributed by atoms with E-state index in [1.165, 1.54) is 5.56 Å². The topological polar surface area (TPSA) is 32.8 Å². The summed E-state index contributed by atoms with van der Waals surface area (Å²) in [7, 11) is 0. The van der Waals surface area contributed by atoms with Crippen molar-refractivity contribution in [2.24, 2.45) is 0 Å². The molecule has 0 N–H and O–H groups in total. The standard InChI is InChI=1S/C26H30N2O2/c1-3-16-28(17-4-2)26(29)23-11-8-12-25(21-23)30-24-14-19-27(20-15-24)18-13-22-9-6-5-7-10-22/h1,4-12,21,24H,2,13-20H2. The summed E-state index contributed by atoms with van der Waals surface area (Å²) in [4.78, 5) is 16.8. The Balaban J connectivity index is 1.50. The fourth-order valence-corrected chi connectivity index (χ4v) is 3.75. The minimum absolute atomic E-state index is 0.103. The van der Waals surface area contributed by atoms with Crippen molar-refractivity contribution < 1.29 is 9.53 Å². The van der Waals surface area contributed by atoms with Crippen LogP contribution in [0.3, 0.4) is 0 Å². The predicted molar refractivity (Wildman–Crippen MR) is 122 cm³/mol. The largest absolute Gasteiger partial charge is 0.490 e. The van der Waals surface area contributed by atoms with Gasteiger partial charge in [0.2, 0.25) is 0 Å². The quantitative estimate of drug-likeness (QED) is 0.469.